The van der Waals surface area contributed by atoms with E-state index in [2.05, 4.69) is 0 Å². The van der Waals surface area contributed by atoms with Crippen LogP contribution in [-0.4, -0.2) is 23.2 Å². The first-order valence-electron chi connectivity index (χ1n) is 2.70. The summed E-state index contributed by atoms with van der Waals surface area (Å²) in [6, 6.07) is -0.502. The molecule has 0 bridgehead atoms. The van der Waals surface area contributed by atoms with Gasteiger partial charge in [0.05, 0.1) is 0 Å². The highest BCUT2D eigenvalue weighted by molar-refractivity contribution is 5.82. The van der Waals surface area contributed by atoms with E-state index in [1.165, 1.54) is 0 Å². The van der Waals surface area contributed by atoms with E-state index in [0.29, 0.717) is 12.8 Å². The Kier molecular flexibility index (Phi) is 1.48. The molecule has 1 radical (unpaired) electrons. The van der Waals surface area contributed by atoms with Gasteiger partial charge in [-0.3, -0.25) is 14.6 Å². The molecular formula is C5H7N2O2. The molecule has 1 rings (SSSR count). The van der Waals surface area contributed by atoms with Crippen LogP contribution in [0.15, 0.2) is 0 Å². The van der Waals surface area contributed by atoms with Gasteiger partial charge in [0, 0.05) is 6.42 Å². The fraction of sp³-hybridized carbons (Fsp3) is 0.600. The van der Waals surface area contributed by atoms with Crippen LogP contribution in [0.5, 0.6) is 0 Å². The van der Waals surface area contributed by atoms with Crippen LogP contribution in [0.3, 0.4) is 0 Å². The molecule has 49 valence electrons. The summed E-state index contributed by atoms with van der Waals surface area (Å²) in [6.45, 7) is 0. The minimum Gasteiger partial charge on any atom is -0.288 e. The first-order valence-corrected chi connectivity index (χ1v) is 2.70. The molecule has 0 spiro atoms. The Morgan fingerprint density at radius 1 is 1.78 bits per heavy atom. The van der Waals surface area contributed by atoms with Crippen molar-refractivity contribution in [2.24, 2.45) is 5.84 Å². The minimum absolute atomic E-state index is 0.177. The number of amides is 1. The van der Waals surface area contributed by atoms with E-state index in [4.69, 9.17) is 5.84 Å². The van der Waals surface area contributed by atoms with Gasteiger partial charge < -0.3 is 0 Å². The lowest BCUT2D eigenvalue weighted by Crippen LogP contribution is -2.39. The average Bonchev–Trinajstić information content (AvgIpc) is 2.15. The van der Waals surface area contributed by atoms with Crippen molar-refractivity contribution in [1.82, 2.24) is 5.01 Å². The molecule has 2 N–H and O–H groups in total. The third-order valence-corrected chi connectivity index (χ3v) is 1.39. The van der Waals surface area contributed by atoms with Crippen molar-refractivity contribution < 1.29 is 9.59 Å². The molecule has 1 aliphatic rings. The molecule has 0 aromatic rings. The first kappa shape index (κ1) is 6.22. The van der Waals surface area contributed by atoms with Gasteiger partial charge in [0.15, 0.2) is 0 Å². The molecule has 1 fully saturated rings. The van der Waals surface area contributed by atoms with E-state index in [9.17, 15) is 9.59 Å². The fourth-order valence-corrected chi connectivity index (χ4v) is 0.818. The Balaban J connectivity index is 2.61. The molecular weight excluding hydrogens is 120 g/mol. The van der Waals surface area contributed by atoms with Gasteiger partial charge in [0.25, 0.3) is 0 Å². The molecule has 0 saturated carbocycles. The monoisotopic (exact) mass is 127 g/mol. The standard InChI is InChI=1S/C5H7N2O2/c6-7-4(3-8)1-2-5(7)9/h4H,1-2,6H2/t4-/m0/s1. The molecule has 0 aromatic heterocycles. The lowest BCUT2D eigenvalue weighted by molar-refractivity contribution is -0.128. The van der Waals surface area contributed by atoms with Crippen molar-refractivity contribution in [3.8, 4) is 0 Å². The highest BCUT2D eigenvalue weighted by Crippen LogP contribution is 2.11. The molecule has 1 aliphatic heterocycles. The second-order valence-corrected chi connectivity index (χ2v) is 1.97. The van der Waals surface area contributed by atoms with Crippen LogP contribution in [0, 0.1) is 0 Å². The maximum Gasteiger partial charge on any atom is 0.237 e. The SMILES string of the molecule is NN1C(=O)CC[C@H]1[C]=O. The number of hydrogen-bond acceptors (Lipinski definition) is 3. The van der Waals surface area contributed by atoms with Gasteiger partial charge >= 0.3 is 0 Å². The largest absolute Gasteiger partial charge is 0.288 e. The Bertz CT molecular complexity index is 146. The van der Waals surface area contributed by atoms with Crippen LogP contribution in [0.1, 0.15) is 12.8 Å². The van der Waals surface area contributed by atoms with Gasteiger partial charge in [-0.25, -0.2) is 5.84 Å². The van der Waals surface area contributed by atoms with Crippen molar-refractivity contribution in [3.05, 3.63) is 0 Å². The van der Waals surface area contributed by atoms with Gasteiger partial charge in [-0.1, -0.05) is 0 Å². The Labute approximate surface area is 52.6 Å². The van der Waals surface area contributed by atoms with Crippen LogP contribution in [-0.2, 0) is 9.59 Å². The number of carbonyl (C=O) groups is 1. The van der Waals surface area contributed by atoms with E-state index in [-0.39, 0.29) is 5.91 Å². The Morgan fingerprint density at radius 2 is 2.44 bits per heavy atom. The zero-order valence-electron chi connectivity index (χ0n) is 4.83. The molecule has 4 nitrogen and oxygen atoms in total. The van der Waals surface area contributed by atoms with E-state index in [0.717, 1.165) is 5.01 Å². The number of nitrogens with zero attached hydrogens (tertiary/aromatic N) is 1. The highest BCUT2D eigenvalue weighted by Gasteiger charge is 2.28. The number of nitrogens with two attached hydrogens (primary N) is 1. The van der Waals surface area contributed by atoms with Gasteiger partial charge in [-0.15, -0.1) is 0 Å². The predicted octanol–water partition coefficient (Wildman–Crippen LogP) is -1.04. The topological polar surface area (TPSA) is 63.4 Å². The summed E-state index contributed by atoms with van der Waals surface area (Å²) in [5, 5.41) is 0.938. The average molecular weight is 127 g/mol. The molecule has 1 atom stereocenters. The van der Waals surface area contributed by atoms with Crippen molar-refractivity contribution in [3.63, 3.8) is 0 Å². The summed E-state index contributed by atoms with van der Waals surface area (Å²) in [5.41, 5.74) is 0. The third kappa shape index (κ3) is 0.929. The Hall–Kier alpha value is -0.900. The van der Waals surface area contributed by atoms with Crippen molar-refractivity contribution in [2.75, 3.05) is 0 Å². The smallest absolute Gasteiger partial charge is 0.237 e. The molecule has 4 heteroatoms. The number of carbonyl (C=O) groups excluding carboxylic acids is 2. The first-order chi connectivity index (χ1) is 4.25. The molecule has 0 aliphatic carbocycles. The van der Waals surface area contributed by atoms with Crippen LogP contribution < -0.4 is 5.84 Å². The van der Waals surface area contributed by atoms with Gasteiger partial charge in [-0.05, 0) is 6.42 Å². The number of rotatable bonds is 1. The summed E-state index contributed by atoms with van der Waals surface area (Å²) in [5.74, 6) is 4.98. The van der Waals surface area contributed by atoms with Crippen LogP contribution in [0.25, 0.3) is 0 Å². The quantitative estimate of drug-likeness (QED) is 0.361. The summed E-state index contributed by atoms with van der Waals surface area (Å²) >= 11 is 0. The molecule has 1 amide bonds. The second kappa shape index (κ2) is 2.14. The third-order valence-electron chi connectivity index (χ3n) is 1.39. The van der Waals surface area contributed by atoms with Crippen molar-refractivity contribution >= 4 is 12.2 Å². The summed E-state index contributed by atoms with van der Waals surface area (Å²) < 4.78 is 0. The Morgan fingerprint density at radius 3 is 2.67 bits per heavy atom. The van der Waals surface area contributed by atoms with E-state index < -0.39 is 6.04 Å². The van der Waals surface area contributed by atoms with Crippen LogP contribution in [0.4, 0.5) is 0 Å². The van der Waals surface area contributed by atoms with Crippen LogP contribution in [0.2, 0.25) is 0 Å². The van der Waals surface area contributed by atoms with E-state index in [1.807, 2.05) is 0 Å². The van der Waals surface area contributed by atoms with Crippen LogP contribution >= 0.6 is 0 Å². The molecule has 0 aromatic carbocycles. The predicted molar refractivity (Wildman–Crippen MR) is 29.7 cm³/mol. The van der Waals surface area contributed by atoms with E-state index in [1.54, 1.807) is 6.29 Å². The van der Waals surface area contributed by atoms with Gasteiger partial charge in [0.2, 0.25) is 12.2 Å². The zero-order valence-corrected chi connectivity index (χ0v) is 4.83. The fourth-order valence-electron chi connectivity index (χ4n) is 0.818. The number of hydrazine groups is 1. The lowest BCUT2D eigenvalue weighted by Gasteiger charge is -2.10. The van der Waals surface area contributed by atoms with E-state index >= 15 is 0 Å². The number of hydrogen-bond donors (Lipinski definition) is 1. The summed E-state index contributed by atoms with van der Waals surface area (Å²) in [4.78, 5) is 20.5. The summed E-state index contributed by atoms with van der Waals surface area (Å²) in [7, 11) is 0. The van der Waals surface area contributed by atoms with Gasteiger partial charge in [-0.2, -0.15) is 0 Å². The molecule has 1 saturated heterocycles. The van der Waals surface area contributed by atoms with Crippen molar-refractivity contribution in [2.45, 2.75) is 18.9 Å². The summed E-state index contributed by atoms with van der Waals surface area (Å²) in [6.07, 6.45) is 2.56. The maximum atomic E-state index is 10.6. The van der Waals surface area contributed by atoms with Gasteiger partial charge in [0.1, 0.15) is 6.04 Å². The molecule has 9 heavy (non-hydrogen) atoms. The minimum atomic E-state index is -0.502. The molecule has 0 unspecified atom stereocenters. The van der Waals surface area contributed by atoms with Crippen molar-refractivity contribution in [1.29, 1.82) is 0 Å². The lowest BCUT2D eigenvalue weighted by atomic mass is 10.2. The normalized spacial score (nSPS) is 27.0. The second-order valence-electron chi connectivity index (χ2n) is 1.97. The zero-order chi connectivity index (χ0) is 6.85. The maximum absolute atomic E-state index is 10.6. The molecule has 1 heterocycles. The highest BCUT2D eigenvalue weighted by atomic mass is 16.2.